The van der Waals surface area contributed by atoms with Crippen LogP contribution in [0.2, 0.25) is 0 Å². The Kier molecular flexibility index (Phi) is 6.17. The summed E-state index contributed by atoms with van der Waals surface area (Å²) in [5, 5.41) is 0. The molecule has 0 amide bonds. The SMILES string of the molecule is C#Cc1cccc(Oc2ccc(S(=O)(=O)c3ccccc3Oc3cccc(C#C)c3)cc2)c1. The summed E-state index contributed by atoms with van der Waals surface area (Å²) < 4.78 is 38.3. The van der Waals surface area contributed by atoms with Crippen LogP contribution in [-0.4, -0.2) is 8.42 Å². The highest BCUT2D eigenvalue weighted by atomic mass is 32.2. The zero-order valence-corrected chi connectivity index (χ0v) is 18.3. The van der Waals surface area contributed by atoms with E-state index in [2.05, 4.69) is 11.8 Å². The van der Waals surface area contributed by atoms with Crippen LogP contribution < -0.4 is 9.47 Å². The van der Waals surface area contributed by atoms with Crippen molar-refractivity contribution in [2.24, 2.45) is 0 Å². The number of ether oxygens (including phenoxy) is 2. The molecule has 0 atom stereocenters. The van der Waals surface area contributed by atoms with Crippen LogP contribution in [0.5, 0.6) is 23.0 Å². The monoisotopic (exact) mass is 450 g/mol. The molecule has 0 fully saturated rings. The fraction of sp³-hybridized carbons (Fsp3) is 0. The van der Waals surface area contributed by atoms with Crippen molar-refractivity contribution in [2.45, 2.75) is 9.79 Å². The zero-order valence-electron chi connectivity index (χ0n) is 17.4. The molecule has 0 N–H and O–H groups in total. The minimum absolute atomic E-state index is 0.0477. The van der Waals surface area contributed by atoms with Gasteiger partial charge in [0, 0.05) is 11.1 Å². The van der Waals surface area contributed by atoms with Crippen LogP contribution in [0.4, 0.5) is 0 Å². The van der Waals surface area contributed by atoms with Gasteiger partial charge in [0.1, 0.15) is 27.9 Å². The first kappa shape index (κ1) is 21.8. The summed E-state index contributed by atoms with van der Waals surface area (Å²) in [4.78, 5) is 0.159. The summed E-state index contributed by atoms with van der Waals surface area (Å²) in [5.41, 5.74) is 1.33. The van der Waals surface area contributed by atoms with E-state index in [0.717, 1.165) is 0 Å². The molecular weight excluding hydrogens is 432 g/mol. The highest BCUT2D eigenvalue weighted by Crippen LogP contribution is 2.33. The third-order valence-corrected chi connectivity index (χ3v) is 6.55. The van der Waals surface area contributed by atoms with Crippen LogP contribution >= 0.6 is 0 Å². The predicted octanol–water partition coefficient (Wildman–Crippen LogP) is 6.07. The van der Waals surface area contributed by atoms with Crippen molar-refractivity contribution < 1.29 is 17.9 Å². The van der Waals surface area contributed by atoms with Gasteiger partial charge in [-0.2, -0.15) is 0 Å². The molecule has 4 nitrogen and oxygen atoms in total. The van der Waals surface area contributed by atoms with Gasteiger partial charge in [-0.25, -0.2) is 8.42 Å². The van der Waals surface area contributed by atoms with Gasteiger partial charge < -0.3 is 9.47 Å². The van der Waals surface area contributed by atoms with Crippen LogP contribution in [0, 0.1) is 24.7 Å². The second-order valence-corrected chi connectivity index (χ2v) is 8.89. The first-order valence-corrected chi connectivity index (χ1v) is 11.4. The number of hydrogen-bond donors (Lipinski definition) is 0. The van der Waals surface area contributed by atoms with Gasteiger partial charge in [0.15, 0.2) is 0 Å². The van der Waals surface area contributed by atoms with Crippen molar-refractivity contribution in [3.63, 3.8) is 0 Å². The van der Waals surface area contributed by atoms with E-state index in [0.29, 0.717) is 28.4 Å². The topological polar surface area (TPSA) is 52.6 Å². The van der Waals surface area contributed by atoms with E-state index in [1.165, 1.54) is 18.2 Å². The quantitative estimate of drug-likeness (QED) is 0.335. The van der Waals surface area contributed by atoms with Gasteiger partial charge in [-0.1, -0.05) is 36.1 Å². The smallest absolute Gasteiger partial charge is 0.210 e. The van der Waals surface area contributed by atoms with E-state index in [1.54, 1.807) is 78.9 Å². The maximum Gasteiger partial charge on any atom is 0.210 e. The largest absolute Gasteiger partial charge is 0.457 e. The first-order chi connectivity index (χ1) is 16.0. The maximum absolute atomic E-state index is 13.3. The highest BCUT2D eigenvalue weighted by molar-refractivity contribution is 7.91. The summed E-state index contributed by atoms with van der Waals surface area (Å²) in [6.07, 6.45) is 10.9. The van der Waals surface area contributed by atoms with Gasteiger partial charge in [-0.3, -0.25) is 0 Å². The molecule has 0 unspecified atom stereocenters. The van der Waals surface area contributed by atoms with Gasteiger partial charge in [-0.05, 0) is 72.8 Å². The fourth-order valence-electron chi connectivity index (χ4n) is 3.13. The van der Waals surface area contributed by atoms with Gasteiger partial charge in [0.05, 0.1) is 4.90 Å². The number of rotatable bonds is 6. The average Bonchev–Trinajstić information content (AvgIpc) is 2.85. The standard InChI is InChI=1S/C28H18O4S/c1-3-21-9-7-11-24(19-21)31-23-15-17-26(18-16-23)33(29,30)28-14-6-5-13-27(28)32-25-12-8-10-22(4-2)20-25/h1-2,5-20H. The lowest BCUT2D eigenvalue weighted by Gasteiger charge is -2.13. The van der Waals surface area contributed by atoms with Gasteiger partial charge in [-0.15, -0.1) is 12.8 Å². The second kappa shape index (κ2) is 9.36. The Labute approximate surface area is 193 Å². The van der Waals surface area contributed by atoms with Crippen molar-refractivity contribution in [1.82, 2.24) is 0 Å². The van der Waals surface area contributed by atoms with Crippen molar-refractivity contribution in [1.29, 1.82) is 0 Å². The Morgan fingerprint density at radius 3 is 1.79 bits per heavy atom. The summed E-state index contributed by atoms with van der Waals surface area (Å²) in [7, 11) is -3.85. The molecule has 0 bridgehead atoms. The van der Waals surface area contributed by atoms with E-state index >= 15 is 0 Å². The van der Waals surface area contributed by atoms with E-state index in [9.17, 15) is 8.42 Å². The highest BCUT2D eigenvalue weighted by Gasteiger charge is 2.22. The minimum Gasteiger partial charge on any atom is -0.457 e. The Bertz CT molecular complexity index is 1490. The molecule has 33 heavy (non-hydrogen) atoms. The Balaban J connectivity index is 1.61. The number of para-hydroxylation sites is 1. The minimum atomic E-state index is -3.85. The molecule has 0 heterocycles. The Hall–Kier alpha value is -4.45. The van der Waals surface area contributed by atoms with E-state index < -0.39 is 9.84 Å². The van der Waals surface area contributed by atoms with Crippen LogP contribution in [-0.2, 0) is 9.84 Å². The van der Waals surface area contributed by atoms with Crippen molar-refractivity contribution >= 4 is 9.84 Å². The Morgan fingerprint density at radius 2 is 1.18 bits per heavy atom. The van der Waals surface area contributed by atoms with Crippen LogP contribution in [0.25, 0.3) is 0 Å². The third-order valence-electron chi connectivity index (χ3n) is 4.74. The molecule has 0 saturated carbocycles. The molecule has 5 heteroatoms. The number of benzene rings is 4. The number of terminal acetylenes is 2. The summed E-state index contributed by atoms with van der Waals surface area (Å²) in [6, 6.07) is 26.6. The molecule has 0 aliphatic heterocycles. The average molecular weight is 451 g/mol. The molecule has 4 rings (SSSR count). The maximum atomic E-state index is 13.3. The van der Waals surface area contributed by atoms with E-state index in [4.69, 9.17) is 22.3 Å². The van der Waals surface area contributed by atoms with Gasteiger partial charge in [0.2, 0.25) is 9.84 Å². The lowest BCUT2D eigenvalue weighted by atomic mass is 10.2. The number of hydrogen-bond acceptors (Lipinski definition) is 4. The number of sulfone groups is 1. The van der Waals surface area contributed by atoms with E-state index in [1.807, 2.05) is 0 Å². The second-order valence-electron chi connectivity index (χ2n) is 6.97. The van der Waals surface area contributed by atoms with Gasteiger partial charge >= 0.3 is 0 Å². The lowest BCUT2D eigenvalue weighted by Crippen LogP contribution is -2.04. The van der Waals surface area contributed by atoms with Crippen molar-refractivity contribution in [2.75, 3.05) is 0 Å². The summed E-state index contributed by atoms with van der Waals surface area (Å²) >= 11 is 0. The van der Waals surface area contributed by atoms with Crippen LogP contribution in [0.1, 0.15) is 11.1 Å². The van der Waals surface area contributed by atoms with Crippen LogP contribution in [0.15, 0.2) is 107 Å². The first-order valence-electron chi connectivity index (χ1n) is 9.93. The summed E-state index contributed by atoms with van der Waals surface area (Å²) in [6.45, 7) is 0. The molecule has 0 aromatic heterocycles. The van der Waals surface area contributed by atoms with Crippen molar-refractivity contribution in [3.8, 4) is 47.7 Å². The predicted molar refractivity (Wildman–Crippen MR) is 127 cm³/mol. The molecule has 0 aliphatic rings. The fourth-order valence-corrected chi connectivity index (χ4v) is 4.51. The molecule has 0 saturated heterocycles. The summed E-state index contributed by atoms with van der Waals surface area (Å²) in [5.74, 6) is 6.79. The normalized spacial score (nSPS) is 10.6. The molecular formula is C28H18O4S. The van der Waals surface area contributed by atoms with Crippen molar-refractivity contribution in [3.05, 3.63) is 108 Å². The molecule has 0 spiro atoms. The molecule has 4 aromatic rings. The van der Waals surface area contributed by atoms with Gasteiger partial charge in [0.25, 0.3) is 0 Å². The van der Waals surface area contributed by atoms with E-state index in [-0.39, 0.29) is 15.5 Å². The molecule has 0 radical (unpaired) electrons. The zero-order chi connectivity index (χ0) is 23.3. The molecule has 160 valence electrons. The Morgan fingerprint density at radius 1 is 0.606 bits per heavy atom. The lowest BCUT2D eigenvalue weighted by molar-refractivity contribution is 0.467. The third kappa shape index (κ3) is 4.91. The van der Waals surface area contributed by atoms with Crippen LogP contribution in [0.3, 0.4) is 0 Å². The molecule has 0 aliphatic carbocycles. The molecule has 4 aromatic carbocycles.